The number of carbonyl (C=O) groups excluding carboxylic acids is 1. The second kappa shape index (κ2) is 7.95. The Labute approximate surface area is 161 Å². The van der Waals surface area contributed by atoms with Crippen molar-refractivity contribution in [3.05, 3.63) is 27.6 Å². The molecule has 0 spiro atoms. The summed E-state index contributed by atoms with van der Waals surface area (Å²) in [4.78, 5) is 14.9. The van der Waals surface area contributed by atoms with Crippen LogP contribution in [0.2, 0.25) is 5.02 Å². The summed E-state index contributed by atoms with van der Waals surface area (Å²) in [7, 11) is 3.10. The van der Waals surface area contributed by atoms with E-state index in [-0.39, 0.29) is 12.0 Å². The van der Waals surface area contributed by atoms with E-state index in [0.29, 0.717) is 37.9 Å². The van der Waals surface area contributed by atoms with E-state index in [1.165, 1.54) is 18.9 Å². The van der Waals surface area contributed by atoms with E-state index >= 15 is 0 Å². The Morgan fingerprint density at radius 3 is 2.80 bits per heavy atom. The molecule has 5 nitrogen and oxygen atoms in total. The molecular formula is C17H18ClNO4S2. The fraction of sp³-hybridized carbons (Fsp3) is 0.412. The molecule has 0 N–H and O–H groups in total. The van der Waals surface area contributed by atoms with Gasteiger partial charge in [-0.05, 0) is 25.0 Å². The van der Waals surface area contributed by atoms with Crippen LogP contribution in [0.1, 0.15) is 18.4 Å². The number of rotatable bonds is 5. The summed E-state index contributed by atoms with van der Waals surface area (Å²) in [6, 6.07) is 3.41. The molecule has 0 bridgehead atoms. The van der Waals surface area contributed by atoms with E-state index in [4.69, 9.17) is 38.0 Å². The van der Waals surface area contributed by atoms with E-state index in [0.717, 1.165) is 19.4 Å². The maximum atomic E-state index is 12.7. The average molecular weight is 400 g/mol. The van der Waals surface area contributed by atoms with Gasteiger partial charge in [-0.25, -0.2) is 0 Å². The van der Waals surface area contributed by atoms with Gasteiger partial charge in [0.15, 0.2) is 0 Å². The number of hydrogen-bond acceptors (Lipinski definition) is 6. The Kier molecular flexibility index (Phi) is 5.89. The summed E-state index contributed by atoms with van der Waals surface area (Å²) in [5.74, 6) is 0.978. The van der Waals surface area contributed by atoms with E-state index in [9.17, 15) is 4.79 Å². The van der Waals surface area contributed by atoms with Gasteiger partial charge in [-0.1, -0.05) is 35.6 Å². The average Bonchev–Trinajstić information content (AvgIpc) is 3.19. The van der Waals surface area contributed by atoms with Gasteiger partial charge in [-0.2, -0.15) is 0 Å². The minimum atomic E-state index is -0.112. The quantitative estimate of drug-likeness (QED) is 0.555. The Balaban J connectivity index is 1.85. The van der Waals surface area contributed by atoms with E-state index < -0.39 is 0 Å². The topological polar surface area (TPSA) is 48.0 Å². The smallest absolute Gasteiger partial charge is 0.266 e. The number of amides is 1. The molecule has 1 atom stereocenters. The molecule has 1 amide bonds. The summed E-state index contributed by atoms with van der Waals surface area (Å²) >= 11 is 12.8. The third-order valence-corrected chi connectivity index (χ3v) is 5.75. The van der Waals surface area contributed by atoms with Crippen molar-refractivity contribution in [1.82, 2.24) is 4.90 Å². The SMILES string of the molecule is COc1cc(OC)c(/C=C2\SC(=S)N(C[C@H]3CCCO3)C2=O)cc1Cl. The number of methoxy groups -OCH3 is 2. The van der Waals surface area contributed by atoms with Crippen molar-refractivity contribution < 1.29 is 19.0 Å². The molecule has 2 saturated heterocycles. The first-order valence-electron chi connectivity index (χ1n) is 7.82. The van der Waals surface area contributed by atoms with Crippen LogP contribution < -0.4 is 9.47 Å². The number of halogens is 1. The second-order valence-corrected chi connectivity index (χ2v) is 7.74. The molecule has 25 heavy (non-hydrogen) atoms. The van der Waals surface area contributed by atoms with Crippen LogP contribution in [0.4, 0.5) is 0 Å². The predicted molar refractivity (Wildman–Crippen MR) is 103 cm³/mol. The fourth-order valence-electron chi connectivity index (χ4n) is 2.79. The van der Waals surface area contributed by atoms with Gasteiger partial charge < -0.3 is 14.2 Å². The Hall–Kier alpha value is -1.28. The van der Waals surface area contributed by atoms with Gasteiger partial charge in [-0.3, -0.25) is 9.69 Å². The summed E-state index contributed by atoms with van der Waals surface area (Å²) < 4.78 is 16.7. The van der Waals surface area contributed by atoms with E-state index in [2.05, 4.69) is 0 Å². The molecule has 1 aromatic carbocycles. The van der Waals surface area contributed by atoms with Crippen molar-refractivity contribution in [1.29, 1.82) is 0 Å². The first-order chi connectivity index (χ1) is 12.0. The van der Waals surface area contributed by atoms with Crippen LogP contribution in [-0.2, 0) is 9.53 Å². The largest absolute Gasteiger partial charge is 0.496 e. The lowest BCUT2D eigenvalue weighted by molar-refractivity contribution is -0.123. The number of ether oxygens (including phenoxy) is 3. The molecule has 2 heterocycles. The number of thioether (sulfide) groups is 1. The fourth-order valence-corrected chi connectivity index (χ4v) is 4.30. The van der Waals surface area contributed by atoms with Crippen molar-refractivity contribution in [3.8, 4) is 11.5 Å². The normalized spacial score (nSPS) is 22.1. The molecule has 0 aliphatic carbocycles. The highest BCUT2D eigenvalue weighted by Gasteiger charge is 2.34. The van der Waals surface area contributed by atoms with Gasteiger partial charge >= 0.3 is 0 Å². The molecule has 2 aliphatic heterocycles. The van der Waals surface area contributed by atoms with Crippen LogP contribution in [0.3, 0.4) is 0 Å². The highest BCUT2D eigenvalue weighted by Crippen LogP contribution is 2.38. The Morgan fingerprint density at radius 1 is 1.40 bits per heavy atom. The standard InChI is InChI=1S/C17H18ClNO4S2/c1-21-13-8-14(22-2)12(18)6-10(13)7-15-16(20)19(17(24)25-15)9-11-4-3-5-23-11/h6-8,11H,3-5,9H2,1-2H3/b15-7-/t11-/m1/s1. The van der Waals surface area contributed by atoms with Crippen molar-refractivity contribution in [2.24, 2.45) is 0 Å². The van der Waals surface area contributed by atoms with Gasteiger partial charge in [0, 0.05) is 18.2 Å². The first kappa shape index (κ1) is 18.5. The van der Waals surface area contributed by atoms with Gasteiger partial charge in [0.2, 0.25) is 0 Å². The minimum absolute atomic E-state index is 0.0619. The molecular weight excluding hydrogens is 382 g/mol. The lowest BCUT2D eigenvalue weighted by Gasteiger charge is -2.18. The lowest BCUT2D eigenvalue weighted by Crippen LogP contribution is -2.35. The molecule has 2 aliphatic rings. The number of hydrogen-bond donors (Lipinski definition) is 0. The predicted octanol–water partition coefficient (Wildman–Crippen LogP) is 3.74. The van der Waals surface area contributed by atoms with Crippen LogP contribution >= 0.6 is 35.6 Å². The first-order valence-corrected chi connectivity index (χ1v) is 9.42. The third-order valence-electron chi connectivity index (χ3n) is 4.07. The summed E-state index contributed by atoms with van der Waals surface area (Å²) in [6.45, 7) is 1.25. The summed E-state index contributed by atoms with van der Waals surface area (Å²) in [6.07, 6.45) is 3.79. The van der Waals surface area contributed by atoms with Gasteiger partial charge in [0.25, 0.3) is 5.91 Å². The van der Waals surface area contributed by atoms with Gasteiger partial charge in [0.1, 0.15) is 15.8 Å². The summed E-state index contributed by atoms with van der Waals surface area (Å²) in [5, 5.41) is 0.449. The second-order valence-electron chi connectivity index (χ2n) is 5.66. The monoisotopic (exact) mass is 399 g/mol. The van der Waals surface area contributed by atoms with E-state index in [1.807, 2.05) is 0 Å². The van der Waals surface area contributed by atoms with E-state index in [1.54, 1.807) is 30.2 Å². The Bertz CT molecular complexity index is 732. The molecule has 0 unspecified atom stereocenters. The molecule has 3 rings (SSSR count). The lowest BCUT2D eigenvalue weighted by atomic mass is 10.1. The van der Waals surface area contributed by atoms with Crippen molar-refractivity contribution >= 4 is 51.9 Å². The number of nitrogens with zero attached hydrogens (tertiary/aromatic N) is 1. The maximum absolute atomic E-state index is 12.7. The zero-order chi connectivity index (χ0) is 18.0. The van der Waals surface area contributed by atoms with Gasteiger partial charge in [-0.15, -0.1) is 0 Å². The molecule has 1 aromatic rings. The van der Waals surface area contributed by atoms with Crippen molar-refractivity contribution in [2.75, 3.05) is 27.4 Å². The Morgan fingerprint density at radius 2 is 2.16 bits per heavy atom. The number of thiocarbonyl (C=S) groups is 1. The van der Waals surface area contributed by atoms with Crippen molar-refractivity contribution in [3.63, 3.8) is 0 Å². The van der Waals surface area contributed by atoms with Gasteiger partial charge in [0.05, 0.1) is 36.8 Å². The summed E-state index contributed by atoms with van der Waals surface area (Å²) in [5.41, 5.74) is 0.700. The van der Waals surface area contributed by atoms with Crippen LogP contribution in [0, 0.1) is 0 Å². The molecule has 134 valence electrons. The highest BCUT2D eigenvalue weighted by atomic mass is 35.5. The molecule has 0 aromatic heterocycles. The minimum Gasteiger partial charge on any atom is -0.496 e. The van der Waals surface area contributed by atoms with Crippen LogP contribution in [0.25, 0.3) is 6.08 Å². The van der Waals surface area contributed by atoms with Crippen molar-refractivity contribution in [2.45, 2.75) is 18.9 Å². The zero-order valence-electron chi connectivity index (χ0n) is 13.9. The zero-order valence-corrected chi connectivity index (χ0v) is 16.3. The third kappa shape index (κ3) is 3.95. The molecule has 8 heteroatoms. The van der Waals surface area contributed by atoms with Crippen LogP contribution in [0.15, 0.2) is 17.0 Å². The number of benzene rings is 1. The molecule has 0 radical (unpaired) electrons. The van der Waals surface area contributed by atoms with Crippen LogP contribution in [-0.4, -0.2) is 48.6 Å². The van der Waals surface area contributed by atoms with Crippen LogP contribution in [0.5, 0.6) is 11.5 Å². The molecule has 2 fully saturated rings. The number of carbonyl (C=O) groups is 1. The maximum Gasteiger partial charge on any atom is 0.266 e. The molecule has 0 saturated carbocycles. The highest BCUT2D eigenvalue weighted by molar-refractivity contribution is 8.26.